The standard InChI is InChI=1S/C13H11BrF3NO2/c1-7(19)18-4-2-3-8-5-10(14)9(6-11(8)18)12(20)13(15,16)17/h5-6H,2-4H2,1H3. The lowest BCUT2D eigenvalue weighted by Crippen LogP contribution is -2.34. The summed E-state index contributed by atoms with van der Waals surface area (Å²) < 4.78 is 37.8. The van der Waals surface area contributed by atoms with E-state index in [-0.39, 0.29) is 10.4 Å². The van der Waals surface area contributed by atoms with Gasteiger partial charge in [0.25, 0.3) is 5.78 Å². The van der Waals surface area contributed by atoms with Crippen molar-refractivity contribution in [3.63, 3.8) is 0 Å². The zero-order valence-electron chi connectivity index (χ0n) is 10.6. The van der Waals surface area contributed by atoms with Crippen LogP contribution < -0.4 is 4.90 Å². The molecule has 0 fully saturated rings. The summed E-state index contributed by atoms with van der Waals surface area (Å²) in [4.78, 5) is 24.3. The molecule has 20 heavy (non-hydrogen) atoms. The van der Waals surface area contributed by atoms with Gasteiger partial charge >= 0.3 is 6.18 Å². The molecule has 1 amide bonds. The van der Waals surface area contributed by atoms with Crippen molar-refractivity contribution in [1.29, 1.82) is 0 Å². The van der Waals surface area contributed by atoms with Crippen molar-refractivity contribution in [3.8, 4) is 0 Å². The van der Waals surface area contributed by atoms with E-state index in [1.807, 2.05) is 0 Å². The molecule has 0 spiro atoms. The number of hydrogen-bond acceptors (Lipinski definition) is 2. The monoisotopic (exact) mass is 349 g/mol. The van der Waals surface area contributed by atoms with Crippen LogP contribution in [0.3, 0.4) is 0 Å². The van der Waals surface area contributed by atoms with E-state index in [4.69, 9.17) is 0 Å². The molecule has 7 heteroatoms. The predicted octanol–water partition coefficient (Wildman–Crippen LogP) is 3.49. The molecule has 0 unspecified atom stereocenters. The molecule has 1 aliphatic rings. The lowest BCUT2D eigenvalue weighted by molar-refractivity contribution is -0.116. The van der Waals surface area contributed by atoms with Crippen molar-refractivity contribution in [2.45, 2.75) is 25.9 Å². The fourth-order valence-electron chi connectivity index (χ4n) is 2.26. The number of ketones is 1. The maximum Gasteiger partial charge on any atom is 0.454 e. The Balaban J connectivity index is 2.55. The van der Waals surface area contributed by atoms with E-state index in [2.05, 4.69) is 15.9 Å². The third kappa shape index (κ3) is 2.72. The van der Waals surface area contributed by atoms with Crippen molar-refractivity contribution < 1.29 is 22.8 Å². The topological polar surface area (TPSA) is 37.4 Å². The van der Waals surface area contributed by atoms with Gasteiger partial charge in [-0.15, -0.1) is 0 Å². The molecule has 0 aromatic heterocycles. The van der Waals surface area contributed by atoms with Crippen molar-refractivity contribution in [2.24, 2.45) is 0 Å². The molecule has 0 atom stereocenters. The van der Waals surface area contributed by atoms with Gasteiger partial charge in [-0.25, -0.2) is 0 Å². The molecule has 1 aromatic carbocycles. The molecule has 2 rings (SSSR count). The largest absolute Gasteiger partial charge is 0.454 e. The molecule has 108 valence electrons. The van der Waals surface area contributed by atoms with Crippen molar-refractivity contribution in [3.05, 3.63) is 27.7 Å². The van der Waals surface area contributed by atoms with Crippen LogP contribution in [-0.2, 0) is 11.2 Å². The van der Waals surface area contributed by atoms with Crippen LogP contribution in [0, 0.1) is 0 Å². The summed E-state index contributed by atoms with van der Waals surface area (Å²) in [5.74, 6) is -2.17. The number of halogens is 4. The third-order valence-corrected chi connectivity index (χ3v) is 3.83. The molecule has 0 N–H and O–H groups in total. The average molecular weight is 350 g/mol. The summed E-state index contributed by atoms with van der Waals surface area (Å²) in [5, 5.41) is 0. The highest BCUT2D eigenvalue weighted by molar-refractivity contribution is 9.10. The van der Waals surface area contributed by atoms with E-state index in [1.54, 1.807) is 0 Å². The number of anilines is 1. The van der Waals surface area contributed by atoms with E-state index in [1.165, 1.54) is 17.9 Å². The second-order valence-corrected chi connectivity index (χ2v) is 5.42. The summed E-state index contributed by atoms with van der Waals surface area (Å²) in [7, 11) is 0. The third-order valence-electron chi connectivity index (χ3n) is 3.17. The molecule has 3 nitrogen and oxygen atoms in total. The molecule has 0 saturated carbocycles. The van der Waals surface area contributed by atoms with Crippen LogP contribution in [0.25, 0.3) is 0 Å². The minimum absolute atomic E-state index is 0.101. The number of benzene rings is 1. The van der Waals surface area contributed by atoms with E-state index in [0.29, 0.717) is 18.7 Å². The van der Waals surface area contributed by atoms with Crippen LogP contribution in [0.1, 0.15) is 29.3 Å². The van der Waals surface area contributed by atoms with Gasteiger partial charge in [0.05, 0.1) is 0 Å². The number of Topliss-reactive ketones (excluding diaryl/α,β-unsaturated/α-hetero) is 1. The maximum absolute atomic E-state index is 12.6. The lowest BCUT2D eigenvalue weighted by atomic mass is 9.98. The minimum atomic E-state index is -4.94. The van der Waals surface area contributed by atoms with Gasteiger partial charge in [0.2, 0.25) is 5.91 Å². The van der Waals surface area contributed by atoms with E-state index in [9.17, 15) is 22.8 Å². The molecule has 1 aliphatic heterocycles. The molecular formula is C13H11BrF3NO2. The minimum Gasteiger partial charge on any atom is -0.312 e. The predicted molar refractivity (Wildman–Crippen MR) is 70.9 cm³/mol. The second-order valence-electron chi connectivity index (χ2n) is 4.56. The summed E-state index contributed by atoms with van der Waals surface area (Å²) in [6, 6.07) is 2.64. The normalized spacial score (nSPS) is 14.9. The first-order valence-corrected chi connectivity index (χ1v) is 6.73. The van der Waals surface area contributed by atoms with Gasteiger partial charge in [0, 0.05) is 29.2 Å². The number of nitrogens with zero attached hydrogens (tertiary/aromatic N) is 1. The summed E-state index contributed by atoms with van der Waals surface area (Å²) in [5.41, 5.74) is 0.681. The Morgan fingerprint density at radius 2 is 1.95 bits per heavy atom. The summed E-state index contributed by atoms with van der Waals surface area (Å²) >= 11 is 3.00. The van der Waals surface area contributed by atoms with Crippen LogP contribution in [-0.4, -0.2) is 24.4 Å². The highest BCUT2D eigenvalue weighted by atomic mass is 79.9. The Morgan fingerprint density at radius 1 is 1.30 bits per heavy atom. The van der Waals surface area contributed by atoms with Crippen molar-refractivity contribution in [2.75, 3.05) is 11.4 Å². The number of carbonyl (C=O) groups is 2. The van der Waals surface area contributed by atoms with Gasteiger partial charge in [0.1, 0.15) is 0 Å². The van der Waals surface area contributed by atoms with Crippen LogP contribution in [0.15, 0.2) is 16.6 Å². The Bertz CT molecular complexity index is 584. The number of fused-ring (bicyclic) bond motifs is 1. The molecule has 0 saturated heterocycles. The van der Waals surface area contributed by atoms with Gasteiger partial charge < -0.3 is 4.90 Å². The number of amides is 1. The summed E-state index contributed by atoms with van der Waals surface area (Å²) in [6.07, 6.45) is -3.53. The van der Waals surface area contributed by atoms with E-state index < -0.39 is 17.5 Å². The smallest absolute Gasteiger partial charge is 0.312 e. The Kier molecular flexibility index (Phi) is 3.90. The fourth-order valence-corrected chi connectivity index (χ4v) is 2.83. The lowest BCUT2D eigenvalue weighted by Gasteiger charge is -2.29. The van der Waals surface area contributed by atoms with Crippen LogP contribution >= 0.6 is 15.9 Å². The highest BCUT2D eigenvalue weighted by Gasteiger charge is 2.41. The van der Waals surface area contributed by atoms with E-state index in [0.717, 1.165) is 18.1 Å². The Labute approximate surface area is 121 Å². The molecular weight excluding hydrogens is 339 g/mol. The van der Waals surface area contributed by atoms with Gasteiger partial charge in [0.15, 0.2) is 0 Å². The zero-order chi connectivity index (χ0) is 15.1. The van der Waals surface area contributed by atoms with Gasteiger partial charge in [-0.05, 0) is 30.5 Å². The second kappa shape index (κ2) is 5.20. The summed E-state index contributed by atoms with van der Waals surface area (Å²) in [6.45, 7) is 1.80. The van der Waals surface area contributed by atoms with Crippen LogP contribution in [0.4, 0.5) is 18.9 Å². The first kappa shape index (κ1) is 15.0. The number of aryl methyl sites for hydroxylation is 1. The molecule has 1 aromatic rings. The van der Waals surface area contributed by atoms with Gasteiger partial charge in [-0.3, -0.25) is 9.59 Å². The molecule has 1 heterocycles. The zero-order valence-corrected chi connectivity index (χ0v) is 12.1. The average Bonchev–Trinajstić information content (AvgIpc) is 2.35. The Morgan fingerprint density at radius 3 is 2.50 bits per heavy atom. The molecule has 0 bridgehead atoms. The van der Waals surface area contributed by atoms with Crippen LogP contribution in [0.2, 0.25) is 0 Å². The van der Waals surface area contributed by atoms with Gasteiger partial charge in [-0.2, -0.15) is 13.2 Å². The van der Waals surface area contributed by atoms with Crippen molar-refractivity contribution in [1.82, 2.24) is 0 Å². The number of alkyl halides is 3. The number of hydrogen-bond donors (Lipinski definition) is 0. The maximum atomic E-state index is 12.6. The quantitative estimate of drug-likeness (QED) is 0.727. The van der Waals surface area contributed by atoms with Gasteiger partial charge in [-0.1, -0.05) is 15.9 Å². The highest BCUT2D eigenvalue weighted by Crippen LogP contribution is 2.35. The molecule has 0 radical (unpaired) electrons. The van der Waals surface area contributed by atoms with Crippen LogP contribution in [0.5, 0.6) is 0 Å². The Hall–Kier alpha value is -1.37. The first-order chi connectivity index (χ1) is 9.21. The SMILES string of the molecule is CC(=O)N1CCCc2cc(Br)c(C(=O)C(F)(F)F)cc21. The van der Waals surface area contributed by atoms with E-state index >= 15 is 0 Å². The van der Waals surface area contributed by atoms with Crippen molar-refractivity contribution >= 4 is 33.3 Å². The number of carbonyl (C=O) groups excluding carboxylic acids is 2. The first-order valence-electron chi connectivity index (χ1n) is 5.94. The number of rotatable bonds is 1. The fraction of sp³-hybridized carbons (Fsp3) is 0.385. The molecule has 0 aliphatic carbocycles.